The topological polar surface area (TPSA) is 83.1 Å². The molecule has 0 aliphatic heterocycles. The number of carbonyl (C=O) groups excluding carboxylic acids is 2. The van der Waals surface area contributed by atoms with Crippen molar-refractivity contribution in [3.8, 4) is 27.7 Å². The Morgan fingerprint density at radius 2 is 1.48 bits per heavy atom. The molecule has 0 unspecified atom stereocenters. The summed E-state index contributed by atoms with van der Waals surface area (Å²) < 4.78 is 22.0. The number of hydrogen-bond donors (Lipinski definition) is 1. The zero-order chi connectivity index (χ0) is 23.8. The van der Waals surface area contributed by atoms with Crippen molar-refractivity contribution in [3.05, 3.63) is 59.0 Å². The Hall–Kier alpha value is -3.52. The van der Waals surface area contributed by atoms with Gasteiger partial charge in [-0.15, -0.1) is 11.3 Å². The molecule has 0 atom stereocenters. The van der Waals surface area contributed by atoms with Gasteiger partial charge in [0.25, 0.3) is 5.91 Å². The van der Waals surface area contributed by atoms with Crippen molar-refractivity contribution in [1.29, 1.82) is 0 Å². The first-order chi connectivity index (χ1) is 16.0. The average molecular weight is 470 g/mol. The molecule has 7 nitrogen and oxygen atoms in total. The number of esters is 1. The van der Waals surface area contributed by atoms with E-state index in [1.165, 1.54) is 18.4 Å². The van der Waals surface area contributed by atoms with E-state index in [1.54, 1.807) is 18.2 Å². The van der Waals surface area contributed by atoms with Gasteiger partial charge in [-0.25, -0.2) is 4.79 Å². The third-order valence-electron chi connectivity index (χ3n) is 4.58. The van der Waals surface area contributed by atoms with E-state index in [4.69, 9.17) is 18.9 Å². The van der Waals surface area contributed by atoms with Crippen LogP contribution in [0.5, 0.6) is 17.2 Å². The van der Waals surface area contributed by atoms with E-state index in [1.807, 2.05) is 51.1 Å². The Labute approximate surface area is 197 Å². The molecule has 2 aromatic carbocycles. The highest BCUT2D eigenvalue weighted by Crippen LogP contribution is 2.40. The van der Waals surface area contributed by atoms with E-state index in [9.17, 15) is 9.59 Å². The van der Waals surface area contributed by atoms with Gasteiger partial charge in [-0.1, -0.05) is 30.3 Å². The van der Waals surface area contributed by atoms with E-state index in [2.05, 4.69) is 5.32 Å². The number of thiophene rings is 1. The standard InChI is InChI=1S/C25H27NO6S/c1-5-30-19-13-17(14-20(31-6-2)22(19)32-7-3)24(27)26-18-15-21(16-11-9-8-10-12-16)33-23(18)25(28)29-4/h8-15H,5-7H2,1-4H3,(H,26,27). The lowest BCUT2D eigenvalue weighted by Crippen LogP contribution is -2.15. The minimum Gasteiger partial charge on any atom is -0.490 e. The third-order valence-corrected chi connectivity index (χ3v) is 5.74. The molecule has 0 spiro atoms. The summed E-state index contributed by atoms with van der Waals surface area (Å²) in [6, 6.07) is 14.6. The molecule has 33 heavy (non-hydrogen) atoms. The maximum absolute atomic E-state index is 13.2. The average Bonchev–Trinajstić information content (AvgIpc) is 3.25. The summed E-state index contributed by atoms with van der Waals surface area (Å²) in [5.41, 5.74) is 1.63. The molecule has 1 N–H and O–H groups in total. The summed E-state index contributed by atoms with van der Waals surface area (Å²) in [5, 5.41) is 2.84. The first-order valence-electron chi connectivity index (χ1n) is 10.7. The van der Waals surface area contributed by atoms with E-state index in [0.717, 1.165) is 10.4 Å². The summed E-state index contributed by atoms with van der Waals surface area (Å²) in [7, 11) is 1.31. The fourth-order valence-electron chi connectivity index (χ4n) is 3.19. The lowest BCUT2D eigenvalue weighted by Gasteiger charge is -2.17. The number of anilines is 1. The number of nitrogens with one attached hydrogen (secondary N) is 1. The molecule has 0 radical (unpaired) electrons. The van der Waals surface area contributed by atoms with Crippen molar-refractivity contribution in [1.82, 2.24) is 0 Å². The van der Waals surface area contributed by atoms with E-state index >= 15 is 0 Å². The molecule has 1 heterocycles. The largest absolute Gasteiger partial charge is 0.490 e. The van der Waals surface area contributed by atoms with Crippen LogP contribution in [0.15, 0.2) is 48.5 Å². The van der Waals surface area contributed by atoms with Crippen LogP contribution in [0.1, 0.15) is 40.8 Å². The summed E-state index contributed by atoms with van der Waals surface area (Å²) >= 11 is 1.26. The molecular formula is C25H27NO6S. The molecule has 0 aliphatic rings. The zero-order valence-electron chi connectivity index (χ0n) is 19.1. The second-order valence-electron chi connectivity index (χ2n) is 6.77. The minimum absolute atomic E-state index is 0.311. The summed E-state index contributed by atoms with van der Waals surface area (Å²) in [6.45, 7) is 6.78. The van der Waals surface area contributed by atoms with Crippen LogP contribution in [-0.2, 0) is 4.74 Å². The summed E-state index contributed by atoms with van der Waals surface area (Å²) in [4.78, 5) is 26.7. The fraction of sp³-hybridized carbons (Fsp3) is 0.280. The molecule has 0 saturated heterocycles. The lowest BCUT2D eigenvalue weighted by atomic mass is 10.1. The highest BCUT2D eigenvalue weighted by atomic mass is 32.1. The Morgan fingerprint density at radius 1 is 0.879 bits per heavy atom. The lowest BCUT2D eigenvalue weighted by molar-refractivity contribution is 0.0607. The molecule has 3 aromatic rings. The molecule has 1 aromatic heterocycles. The van der Waals surface area contributed by atoms with Crippen LogP contribution >= 0.6 is 11.3 Å². The minimum atomic E-state index is -0.519. The van der Waals surface area contributed by atoms with Crippen LogP contribution < -0.4 is 19.5 Å². The van der Waals surface area contributed by atoms with Crippen LogP contribution in [-0.4, -0.2) is 38.8 Å². The fourth-order valence-corrected chi connectivity index (χ4v) is 4.22. The van der Waals surface area contributed by atoms with Crippen molar-refractivity contribution in [2.45, 2.75) is 20.8 Å². The molecule has 0 aliphatic carbocycles. The van der Waals surface area contributed by atoms with Gasteiger partial charge in [0.2, 0.25) is 5.75 Å². The molecule has 0 bridgehead atoms. The van der Waals surface area contributed by atoms with Crippen molar-refractivity contribution >= 4 is 28.9 Å². The van der Waals surface area contributed by atoms with Crippen LogP contribution in [0.3, 0.4) is 0 Å². The Bertz CT molecular complexity index is 1080. The third kappa shape index (κ3) is 5.64. The molecular weight excluding hydrogens is 442 g/mol. The summed E-state index contributed by atoms with van der Waals surface area (Å²) in [5.74, 6) is 0.351. The van der Waals surface area contributed by atoms with E-state index < -0.39 is 11.9 Å². The summed E-state index contributed by atoms with van der Waals surface area (Å²) in [6.07, 6.45) is 0. The van der Waals surface area contributed by atoms with Crippen molar-refractivity contribution < 1.29 is 28.5 Å². The number of hydrogen-bond acceptors (Lipinski definition) is 7. The van der Waals surface area contributed by atoms with Crippen molar-refractivity contribution in [2.75, 3.05) is 32.2 Å². The maximum atomic E-state index is 13.2. The van der Waals surface area contributed by atoms with Crippen LogP contribution in [0.2, 0.25) is 0 Å². The SMILES string of the molecule is CCOc1cc(C(=O)Nc2cc(-c3ccccc3)sc2C(=O)OC)cc(OCC)c1OCC. The van der Waals surface area contributed by atoms with Gasteiger partial charge >= 0.3 is 5.97 Å². The smallest absolute Gasteiger partial charge is 0.350 e. The number of methoxy groups -OCH3 is 1. The number of benzene rings is 2. The Balaban J connectivity index is 1.99. The number of rotatable bonds is 10. The van der Waals surface area contributed by atoms with Gasteiger partial charge in [-0.05, 0) is 44.5 Å². The van der Waals surface area contributed by atoms with E-state index in [0.29, 0.717) is 53.2 Å². The second-order valence-corrected chi connectivity index (χ2v) is 7.82. The highest BCUT2D eigenvalue weighted by molar-refractivity contribution is 7.18. The monoisotopic (exact) mass is 469 g/mol. The molecule has 174 valence electrons. The van der Waals surface area contributed by atoms with Gasteiger partial charge in [0.15, 0.2) is 11.5 Å². The predicted octanol–water partition coefficient (Wildman–Crippen LogP) is 5.65. The quantitative estimate of drug-likeness (QED) is 0.386. The maximum Gasteiger partial charge on any atom is 0.350 e. The van der Waals surface area contributed by atoms with Crippen molar-refractivity contribution in [3.63, 3.8) is 0 Å². The first-order valence-corrected chi connectivity index (χ1v) is 11.5. The molecule has 0 fully saturated rings. The highest BCUT2D eigenvalue weighted by Gasteiger charge is 2.22. The first kappa shape index (κ1) is 24.1. The van der Waals surface area contributed by atoms with Gasteiger partial charge in [0.05, 0.1) is 32.6 Å². The van der Waals surface area contributed by atoms with Gasteiger partial charge in [0, 0.05) is 10.4 Å². The number of amides is 1. The van der Waals surface area contributed by atoms with Gasteiger partial charge in [0.1, 0.15) is 4.88 Å². The van der Waals surface area contributed by atoms with Crippen molar-refractivity contribution in [2.24, 2.45) is 0 Å². The normalized spacial score (nSPS) is 10.4. The molecule has 0 saturated carbocycles. The van der Waals surface area contributed by atoms with Crippen LogP contribution in [0.25, 0.3) is 10.4 Å². The van der Waals surface area contributed by atoms with E-state index in [-0.39, 0.29) is 0 Å². The second kappa shape index (κ2) is 11.4. The van der Waals surface area contributed by atoms with Crippen LogP contribution in [0.4, 0.5) is 5.69 Å². The Kier molecular flexibility index (Phi) is 8.32. The van der Waals surface area contributed by atoms with Gasteiger partial charge in [-0.3, -0.25) is 4.79 Å². The van der Waals surface area contributed by atoms with Gasteiger partial charge < -0.3 is 24.3 Å². The molecule has 3 rings (SSSR count). The molecule has 1 amide bonds. The van der Waals surface area contributed by atoms with Crippen LogP contribution in [0, 0.1) is 0 Å². The zero-order valence-corrected chi connectivity index (χ0v) is 19.9. The number of carbonyl (C=O) groups is 2. The number of ether oxygens (including phenoxy) is 4. The predicted molar refractivity (Wildman–Crippen MR) is 129 cm³/mol. The molecule has 8 heteroatoms. The van der Waals surface area contributed by atoms with Gasteiger partial charge in [-0.2, -0.15) is 0 Å². The Morgan fingerprint density at radius 3 is 2.03 bits per heavy atom.